The van der Waals surface area contributed by atoms with Crippen molar-refractivity contribution < 1.29 is 9.21 Å². The molecule has 5 aromatic rings. The van der Waals surface area contributed by atoms with E-state index in [4.69, 9.17) is 9.40 Å². The van der Waals surface area contributed by atoms with Gasteiger partial charge in [-0.25, -0.2) is 9.78 Å². The summed E-state index contributed by atoms with van der Waals surface area (Å²) < 4.78 is 5.29. The van der Waals surface area contributed by atoms with E-state index in [2.05, 4.69) is 6.07 Å². The number of hydrogen-bond donors (Lipinski definition) is 0. The minimum Gasteiger partial charge on any atom is -0.422 e. The topological polar surface area (TPSA) is 60.2 Å². The van der Waals surface area contributed by atoms with Crippen molar-refractivity contribution in [2.24, 2.45) is 0 Å². The molecule has 0 aliphatic rings. The van der Waals surface area contributed by atoms with Crippen LogP contribution in [0.15, 0.2) is 93.1 Å². The summed E-state index contributed by atoms with van der Waals surface area (Å²) in [6.45, 7) is 0. The van der Waals surface area contributed by atoms with E-state index >= 15 is 0 Å². The first kappa shape index (κ1) is 17.6. The monoisotopic (exact) mass is 397 g/mol. The number of pyridine rings is 1. The summed E-state index contributed by atoms with van der Waals surface area (Å²) >= 11 is 1.34. The molecule has 0 N–H and O–H groups in total. The normalized spacial score (nSPS) is 11.3. The summed E-state index contributed by atoms with van der Waals surface area (Å²) in [6, 6.07) is 24.7. The highest BCUT2D eigenvalue weighted by Crippen LogP contribution is 2.32. The number of Topliss-reactive ketones (excluding diaryl/α,β-unsaturated/α-hetero) is 1. The number of carbonyl (C=O) groups is 1. The Bertz CT molecular complexity index is 1460. The van der Waals surface area contributed by atoms with Gasteiger partial charge in [0.15, 0.2) is 5.78 Å². The van der Waals surface area contributed by atoms with Crippen LogP contribution in [-0.2, 0) is 0 Å². The van der Waals surface area contributed by atoms with Crippen LogP contribution in [0.4, 0.5) is 0 Å². The SMILES string of the molecule is O=C(CSc1nc2ccccc2c2ccccc12)c1cc2ccccc2oc1=O. The third-order valence-electron chi connectivity index (χ3n) is 4.86. The molecule has 0 fully saturated rings. The molecule has 29 heavy (non-hydrogen) atoms. The predicted octanol–water partition coefficient (Wildman–Crippen LogP) is 5.47. The number of benzene rings is 3. The fraction of sp³-hybridized carbons (Fsp3) is 0.0417. The van der Waals surface area contributed by atoms with Crippen molar-refractivity contribution in [3.8, 4) is 0 Å². The molecule has 2 heterocycles. The first-order valence-corrected chi connectivity index (χ1v) is 10.2. The Morgan fingerprint density at radius 3 is 2.41 bits per heavy atom. The van der Waals surface area contributed by atoms with Gasteiger partial charge in [0.1, 0.15) is 16.2 Å². The Kier molecular flexibility index (Phi) is 4.37. The molecule has 4 nitrogen and oxygen atoms in total. The minimum absolute atomic E-state index is 0.0706. The average Bonchev–Trinajstić information content (AvgIpc) is 2.76. The first-order chi connectivity index (χ1) is 14.2. The Morgan fingerprint density at radius 1 is 0.862 bits per heavy atom. The van der Waals surface area contributed by atoms with Crippen LogP contribution in [0, 0.1) is 0 Å². The summed E-state index contributed by atoms with van der Waals surface area (Å²) in [5.74, 6) is -0.160. The molecule has 0 bridgehead atoms. The molecule has 0 saturated heterocycles. The molecule has 0 aliphatic carbocycles. The molecule has 5 heteroatoms. The van der Waals surface area contributed by atoms with Gasteiger partial charge in [-0.05, 0) is 23.6 Å². The summed E-state index contributed by atoms with van der Waals surface area (Å²) in [4.78, 5) is 29.8. The molecular weight excluding hydrogens is 382 g/mol. The Hall–Kier alpha value is -3.44. The highest BCUT2D eigenvalue weighted by Gasteiger charge is 2.16. The number of carbonyl (C=O) groups excluding carboxylic acids is 1. The van der Waals surface area contributed by atoms with Gasteiger partial charge in [0.2, 0.25) is 0 Å². The van der Waals surface area contributed by atoms with E-state index in [1.165, 1.54) is 11.8 Å². The Morgan fingerprint density at radius 2 is 1.55 bits per heavy atom. The number of ketones is 1. The molecule has 5 rings (SSSR count). The van der Waals surface area contributed by atoms with Gasteiger partial charge in [-0.15, -0.1) is 0 Å². The lowest BCUT2D eigenvalue weighted by Gasteiger charge is -2.09. The maximum Gasteiger partial charge on any atom is 0.347 e. The standard InChI is InChI=1S/C24H15NO3S/c26-21(19-13-15-7-1-6-12-22(15)28-24(19)27)14-29-23-18-10-3-2-8-16(18)17-9-4-5-11-20(17)25-23/h1-13H,14H2. The molecule has 0 amide bonds. The molecule has 0 aliphatic heterocycles. The molecule has 0 atom stereocenters. The summed E-state index contributed by atoms with van der Waals surface area (Å²) in [6.07, 6.45) is 0. The maximum atomic E-state index is 12.8. The lowest BCUT2D eigenvalue weighted by Crippen LogP contribution is -2.15. The van der Waals surface area contributed by atoms with Crippen LogP contribution in [0.3, 0.4) is 0 Å². The third kappa shape index (κ3) is 3.19. The fourth-order valence-electron chi connectivity index (χ4n) is 3.45. The van der Waals surface area contributed by atoms with Gasteiger partial charge in [0.25, 0.3) is 0 Å². The number of aromatic nitrogens is 1. The summed E-state index contributed by atoms with van der Waals surface area (Å²) in [5.41, 5.74) is 0.821. The van der Waals surface area contributed by atoms with E-state index in [9.17, 15) is 9.59 Å². The zero-order valence-electron chi connectivity index (χ0n) is 15.3. The molecular formula is C24H15NO3S. The van der Waals surface area contributed by atoms with Crippen molar-refractivity contribution in [1.82, 2.24) is 4.98 Å². The molecule has 0 spiro atoms. The van der Waals surface area contributed by atoms with Gasteiger partial charge < -0.3 is 4.42 Å². The Balaban J connectivity index is 1.51. The highest BCUT2D eigenvalue weighted by atomic mass is 32.2. The zero-order valence-corrected chi connectivity index (χ0v) is 16.1. The van der Waals surface area contributed by atoms with Crippen LogP contribution in [0.5, 0.6) is 0 Å². The van der Waals surface area contributed by atoms with E-state index in [-0.39, 0.29) is 17.1 Å². The first-order valence-electron chi connectivity index (χ1n) is 9.17. The van der Waals surface area contributed by atoms with Gasteiger partial charge in [-0.1, -0.05) is 72.4 Å². The van der Waals surface area contributed by atoms with Crippen LogP contribution in [0.1, 0.15) is 10.4 Å². The van der Waals surface area contributed by atoms with Crippen molar-refractivity contribution in [3.05, 3.63) is 94.8 Å². The fourth-order valence-corrected chi connectivity index (χ4v) is 4.37. The zero-order chi connectivity index (χ0) is 19.8. The number of fused-ring (bicyclic) bond motifs is 4. The van der Waals surface area contributed by atoms with Crippen LogP contribution in [-0.4, -0.2) is 16.5 Å². The van der Waals surface area contributed by atoms with E-state index in [0.717, 1.165) is 32.1 Å². The van der Waals surface area contributed by atoms with Crippen molar-refractivity contribution in [2.75, 3.05) is 5.75 Å². The lowest BCUT2D eigenvalue weighted by atomic mass is 10.1. The summed E-state index contributed by atoms with van der Waals surface area (Å²) in [5, 5.41) is 4.68. The minimum atomic E-state index is -0.606. The molecule has 0 unspecified atom stereocenters. The van der Waals surface area contributed by atoms with Gasteiger partial charge in [-0.3, -0.25) is 4.79 Å². The van der Waals surface area contributed by atoms with E-state index in [0.29, 0.717) is 5.58 Å². The van der Waals surface area contributed by atoms with Gasteiger partial charge in [0, 0.05) is 16.2 Å². The molecule has 2 aromatic heterocycles. The molecule has 3 aromatic carbocycles. The second-order valence-electron chi connectivity index (χ2n) is 6.68. The van der Waals surface area contributed by atoms with Crippen LogP contribution in [0.25, 0.3) is 32.6 Å². The van der Waals surface area contributed by atoms with Crippen molar-refractivity contribution in [1.29, 1.82) is 0 Å². The number of hydrogen-bond acceptors (Lipinski definition) is 5. The van der Waals surface area contributed by atoms with Crippen molar-refractivity contribution >= 4 is 50.2 Å². The maximum absolute atomic E-state index is 12.8. The van der Waals surface area contributed by atoms with E-state index < -0.39 is 5.63 Å². The summed E-state index contributed by atoms with van der Waals surface area (Å²) in [7, 11) is 0. The van der Waals surface area contributed by atoms with Gasteiger partial charge in [0.05, 0.1) is 11.3 Å². The Labute approximate surface area is 170 Å². The van der Waals surface area contributed by atoms with E-state index in [1.807, 2.05) is 54.6 Å². The van der Waals surface area contributed by atoms with E-state index in [1.54, 1.807) is 18.2 Å². The number of thioether (sulfide) groups is 1. The quantitative estimate of drug-likeness (QED) is 0.174. The lowest BCUT2D eigenvalue weighted by molar-refractivity contribution is 0.101. The smallest absolute Gasteiger partial charge is 0.347 e. The number of rotatable bonds is 4. The largest absolute Gasteiger partial charge is 0.422 e. The van der Waals surface area contributed by atoms with Gasteiger partial charge in [-0.2, -0.15) is 0 Å². The van der Waals surface area contributed by atoms with Crippen molar-refractivity contribution in [3.63, 3.8) is 0 Å². The number of para-hydroxylation sites is 2. The van der Waals surface area contributed by atoms with Gasteiger partial charge >= 0.3 is 5.63 Å². The van der Waals surface area contributed by atoms with Crippen molar-refractivity contribution in [2.45, 2.75) is 5.03 Å². The van der Waals surface area contributed by atoms with Crippen LogP contribution >= 0.6 is 11.8 Å². The van der Waals surface area contributed by atoms with Crippen LogP contribution < -0.4 is 5.63 Å². The highest BCUT2D eigenvalue weighted by molar-refractivity contribution is 8.00. The van der Waals surface area contributed by atoms with Crippen LogP contribution in [0.2, 0.25) is 0 Å². The third-order valence-corrected chi connectivity index (χ3v) is 5.85. The molecule has 0 radical (unpaired) electrons. The second-order valence-corrected chi connectivity index (χ2v) is 7.64. The number of nitrogens with zero attached hydrogens (tertiary/aromatic N) is 1. The average molecular weight is 397 g/mol. The predicted molar refractivity (Wildman–Crippen MR) is 117 cm³/mol. The molecule has 0 saturated carbocycles. The second kappa shape index (κ2) is 7.18. The molecule has 140 valence electrons.